The van der Waals surface area contributed by atoms with E-state index in [-0.39, 0.29) is 11.9 Å². The number of hydrogen-bond acceptors (Lipinski definition) is 5. The lowest BCUT2D eigenvalue weighted by atomic mass is 10.2. The van der Waals surface area contributed by atoms with E-state index in [1.165, 1.54) is 0 Å². The molecule has 1 amide bonds. The first-order valence-corrected chi connectivity index (χ1v) is 9.36. The maximum atomic E-state index is 12.7. The van der Waals surface area contributed by atoms with E-state index < -0.39 is 0 Å². The highest BCUT2D eigenvalue weighted by Gasteiger charge is 2.34. The molecule has 0 saturated carbocycles. The minimum absolute atomic E-state index is 0.0459. The summed E-state index contributed by atoms with van der Waals surface area (Å²) in [6, 6.07) is 4.73. The predicted molar refractivity (Wildman–Crippen MR) is 100 cm³/mol. The van der Waals surface area contributed by atoms with Gasteiger partial charge >= 0.3 is 0 Å². The second-order valence-electron chi connectivity index (χ2n) is 7.29. The van der Waals surface area contributed by atoms with Crippen LogP contribution in [0.5, 0.6) is 0 Å². The van der Waals surface area contributed by atoms with Crippen molar-refractivity contribution in [1.29, 1.82) is 0 Å². The number of carbonyl (C=O) groups excluding carboxylic acids is 1. The van der Waals surface area contributed by atoms with Gasteiger partial charge in [-0.3, -0.25) is 9.69 Å². The molecule has 3 atom stereocenters. The summed E-state index contributed by atoms with van der Waals surface area (Å²) in [5, 5.41) is 3.07. The number of nitrogens with zero attached hydrogens (tertiary/aromatic N) is 3. The van der Waals surface area contributed by atoms with E-state index >= 15 is 0 Å². The van der Waals surface area contributed by atoms with E-state index in [4.69, 9.17) is 4.74 Å². The number of aromatic nitrogens is 1. The van der Waals surface area contributed by atoms with Crippen LogP contribution < -0.4 is 10.2 Å². The van der Waals surface area contributed by atoms with Gasteiger partial charge in [0.25, 0.3) is 0 Å². The van der Waals surface area contributed by atoms with Crippen molar-refractivity contribution in [2.24, 2.45) is 0 Å². The van der Waals surface area contributed by atoms with Gasteiger partial charge in [0.15, 0.2) is 0 Å². The molecule has 3 heterocycles. The van der Waals surface area contributed by atoms with Gasteiger partial charge in [0, 0.05) is 25.2 Å². The van der Waals surface area contributed by atoms with Crippen molar-refractivity contribution in [2.75, 3.05) is 36.5 Å². The highest BCUT2D eigenvalue weighted by molar-refractivity contribution is 5.95. The van der Waals surface area contributed by atoms with Crippen molar-refractivity contribution < 1.29 is 9.53 Å². The Kier molecular flexibility index (Phi) is 5.59. The summed E-state index contributed by atoms with van der Waals surface area (Å²) in [7, 11) is 0. The highest BCUT2D eigenvalue weighted by atomic mass is 16.5. The fourth-order valence-electron chi connectivity index (χ4n) is 4.00. The quantitative estimate of drug-likeness (QED) is 0.907. The molecule has 0 bridgehead atoms. The van der Waals surface area contributed by atoms with E-state index in [1.807, 2.05) is 26.0 Å². The normalized spacial score (nSPS) is 25.8. The topological polar surface area (TPSA) is 57.7 Å². The maximum absolute atomic E-state index is 12.7. The second-order valence-corrected chi connectivity index (χ2v) is 7.29. The second kappa shape index (κ2) is 7.70. The molecule has 3 rings (SSSR count). The van der Waals surface area contributed by atoms with Crippen LogP contribution in [-0.2, 0) is 9.53 Å². The number of pyridine rings is 1. The van der Waals surface area contributed by atoms with Gasteiger partial charge in [-0.2, -0.15) is 0 Å². The van der Waals surface area contributed by atoms with Gasteiger partial charge in [0.05, 0.1) is 30.6 Å². The first-order chi connectivity index (χ1) is 12.0. The number of ether oxygens (including phenoxy) is 1. The third kappa shape index (κ3) is 3.96. The summed E-state index contributed by atoms with van der Waals surface area (Å²) in [5.41, 5.74) is 1.65. The van der Waals surface area contributed by atoms with Crippen molar-refractivity contribution in [3.05, 3.63) is 17.8 Å². The Morgan fingerprint density at radius 2 is 1.88 bits per heavy atom. The lowest BCUT2D eigenvalue weighted by Crippen LogP contribution is -2.47. The fraction of sp³-hybridized carbons (Fsp3) is 0.684. The largest absolute Gasteiger partial charge is 0.378 e. The molecule has 1 N–H and O–H groups in total. The highest BCUT2D eigenvalue weighted by Crippen LogP contribution is 2.27. The van der Waals surface area contributed by atoms with Crippen molar-refractivity contribution >= 4 is 17.4 Å². The molecule has 2 saturated heterocycles. The smallest absolute Gasteiger partial charge is 0.241 e. The minimum Gasteiger partial charge on any atom is -0.378 e. The Balaban J connectivity index is 1.66. The van der Waals surface area contributed by atoms with Crippen LogP contribution in [0.15, 0.2) is 12.1 Å². The Morgan fingerprint density at radius 3 is 2.48 bits per heavy atom. The van der Waals surface area contributed by atoms with Gasteiger partial charge in [0.2, 0.25) is 5.91 Å². The third-order valence-electron chi connectivity index (χ3n) is 5.51. The van der Waals surface area contributed by atoms with Gasteiger partial charge in [-0.1, -0.05) is 0 Å². The standard InChI is InChI=1S/C19H30N4O2/c1-13-5-6-14(2)23(13)16(4)19(24)21-17-7-8-18(20-15(17)3)22-9-11-25-12-10-22/h7-8,13-14,16H,5-6,9-12H2,1-4H3,(H,21,24)/t13-,14-,16-/m0/s1. The number of aryl methyl sites for hydroxylation is 1. The molecule has 2 aliphatic rings. The molecule has 2 fully saturated rings. The molecule has 6 heteroatoms. The zero-order chi connectivity index (χ0) is 18.0. The molecule has 6 nitrogen and oxygen atoms in total. The molecule has 0 aromatic carbocycles. The van der Waals surface area contributed by atoms with Crippen molar-refractivity contribution in [3.63, 3.8) is 0 Å². The monoisotopic (exact) mass is 346 g/mol. The number of rotatable bonds is 4. The molecular weight excluding hydrogens is 316 g/mol. The summed E-state index contributed by atoms with van der Waals surface area (Å²) in [6.45, 7) is 11.6. The number of likely N-dealkylation sites (tertiary alicyclic amines) is 1. The zero-order valence-electron chi connectivity index (χ0n) is 15.8. The van der Waals surface area contributed by atoms with Crippen LogP contribution in [0.2, 0.25) is 0 Å². The van der Waals surface area contributed by atoms with Crippen LogP contribution >= 0.6 is 0 Å². The molecule has 1 aromatic heterocycles. The summed E-state index contributed by atoms with van der Waals surface area (Å²) in [6.07, 6.45) is 2.32. The third-order valence-corrected chi connectivity index (χ3v) is 5.51. The molecule has 0 aliphatic carbocycles. The van der Waals surface area contributed by atoms with Crippen LogP contribution in [0.3, 0.4) is 0 Å². The lowest BCUT2D eigenvalue weighted by Gasteiger charge is -2.31. The number of amides is 1. The Morgan fingerprint density at radius 1 is 1.24 bits per heavy atom. The summed E-state index contributed by atoms with van der Waals surface area (Å²) < 4.78 is 5.39. The average molecular weight is 346 g/mol. The van der Waals surface area contributed by atoms with Crippen LogP contribution in [0.4, 0.5) is 11.5 Å². The van der Waals surface area contributed by atoms with Crippen LogP contribution in [0.1, 0.15) is 39.3 Å². The molecule has 0 unspecified atom stereocenters. The van der Waals surface area contributed by atoms with Crippen molar-refractivity contribution in [3.8, 4) is 0 Å². The van der Waals surface area contributed by atoms with Gasteiger partial charge in [-0.25, -0.2) is 4.98 Å². The minimum atomic E-state index is -0.134. The summed E-state index contributed by atoms with van der Waals surface area (Å²) in [4.78, 5) is 21.9. The van der Waals surface area contributed by atoms with Gasteiger partial charge < -0.3 is 15.0 Å². The Hall–Kier alpha value is -1.66. The lowest BCUT2D eigenvalue weighted by molar-refractivity contribution is -0.121. The van der Waals surface area contributed by atoms with Crippen LogP contribution in [0, 0.1) is 6.92 Å². The summed E-state index contributed by atoms with van der Waals surface area (Å²) >= 11 is 0. The SMILES string of the molecule is Cc1nc(N2CCOCC2)ccc1NC(=O)[C@H](C)N1[C@@H](C)CC[C@@H]1C. The van der Waals surface area contributed by atoms with E-state index in [1.54, 1.807) is 0 Å². The molecule has 1 aromatic rings. The van der Waals surface area contributed by atoms with Crippen LogP contribution in [-0.4, -0.2) is 60.2 Å². The first kappa shape index (κ1) is 18.1. The van der Waals surface area contributed by atoms with E-state index in [9.17, 15) is 4.79 Å². The molecular formula is C19H30N4O2. The molecule has 0 spiro atoms. The van der Waals surface area contributed by atoms with Crippen LogP contribution in [0.25, 0.3) is 0 Å². The molecule has 138 valence electrons. The number of anilines is 2. The Labute approximate surface area is 150 Å². The zero-order valence-corrected chi connectivity index (χ0v) is 15.8. The number of carbonyl (C=O) groups is 1. The Bertz CT molecular complexity index is 605. The van der Waals surface area contributed by atoms with Crippen molar-refractivity contribution in [2.45, 2.75) is 58.7 Å². The summed E-state index contributed by atoms with van der Waals surface area (Å²) in [5.74, 6) is 0.998. The van der Waals surface area contributed by atoms with E-state index in [0.29, 0.717) is 12.1 Å². The van der Waals surface area contributed by atoms with Gasteiger partial charge in [-0.15, -0.1) is 0 Å². The first-order valence-electron chi connectivity index (χ1n) is 9.36. The van der Waals surface area contributed by atoms with E-state index in [0.717, 1.165) is 56.3 Å². The van der Waals surface area contributed by atoms with E-state index in [2.05, 4.69) is 33.9 Å². The molecule has 0 radical (unpaired) electrons. The number of hydrogen-bond donors (Lipinski definition) is 1. The maximum Gasteiger partial charge on any atom is 0.241 e. The van der Waals surface area contributed by atoms with Gasteiger partial charge in [0.1, 0.15) is 5.82 Å². The molecule has 25 heavy (non-hydrogen) atoms. The predicted octanol–water partition coefficient (Wildman–Crippen LogP) is 2.43. The number of morpholine rings is 1. The van der Waals surface area contributed by atoms with Crippen molar-refractivity contribution in [1.82, 2.24) is 9.88 Å². The number of nitrogens with one attached hydrogen (secondary N) is 1. The fourth-order valence-corrected chi connectivity index (χ4v) is 4.00. The van der Waals surface area contributed by atoms with Gasteiger partial charge in [-0.05, 0) is 52.7 Å². The molecule has 2 aliphatic heterocycles. The average Bonchev–Trinajstić information content (AvgIpc) is 2.95.